The number of thioether (sulfide) groups is 1. The highest BCUT2D eigenvalue weighted by Gasteiger charge is 2.40. The highest BCUT2D eigenvalue weighted by atomic mass is 32.2. The Bertz CT molecular complexity index is 1570. The number of fused-ring (bicyclic) bond motifs is 1. The number of piperidine rings is 1. The standard InChI is InChI=1S/C30H26FN5O4S/c31-23-12-18(13-32)4-6-24(23)35-11-10-20(15-35)41-28-9-5-19(14-33-28)17-40-26-3-1-2-21-22(26)16-36(30(21)39)25-7-8-27(37)34-29(25)38/h1-6,9,12,14,20,25H,7-8,10-11,15-17H2,(H,34,37,38)/t20?,25-/m0/s1. The van der Waals surface area contributed by atoms with Crippen molar-refractivity contribution in [2.75, 3.05) is 18.0 Å². The van der Waals surface area contributed by atoms with E-state index < -0.39 is 11.9 Å². The number of hydrogen-bond acceptors (Lipinski definition) is 8. The molecule has 2 fully saturated rings. The molecule has 4 heterocycles. The van der Waals surface area contributed by atoms with Crippen molar-refractivity contribution in [1.82, 2.24) is 15.2 Å². The van der Waals surface area contributed by atoms with E-state index in [9.17, 15) is 18.8 Å². The van der Waals surface area contributed by atoms with Gasteiger partial charge in [0.05, 0.1) is 28.9 Å². The molecule has 208 valence electrons. The number of nitriles is 1. The molecule has 3 aliphatic heterocycles. The molecule has 2 aromatic carbocycles. The van der Waals surface area contributed by atoms with Gasteiger partial charge < -0.3 is 14.5 Å². The number of halogens is 1. The highest BCUT2D eigenvalue weighted by molar-refractivity contribution is 7.99. The van der Waals surface area contributed by atoms with E-state index in [4.69, 9.17) is 10.00 Å². The Hall–Kier alpha value is -4.43. The average molecular weight is 572 g/mol. The minimum atomic E-state index is -0.676. The molecule has 3 aliphatic rings. The van der Waals surface area contributed by atoms with Crippen molar-refractivity contribution in [1.29, 1.82) is 5.26 Å². The topological polar surface area (TPSA) is 116 Å². The van der Waals surface area contributed by atoms with Crippen molar-refractivity contribution >= 4 is 35.2 Å². The van der Waals surface area contributed by atoms with Gasteiger partial charge in [0, 0.05) is 47.6 Å². The number of pyridine rings is 1. The number of rotatable bonds is 7. The first-order chi connectivity index (χ1) is 19.9. The number of carbonyl (C=O) groups is 3. The predicted molar refractivity (Wildman–Crippen MR) is 149 cm³/mol. The first kappa shape index (κ1) is 26.8. The van der Waals surface area contributed by atoms with Crippen LogP contribution in [-0.2, 0) is 22.7 Å². The maximum Gasteiger partial charge on any atom is 0.255 e. The van der Waals surface area contributed by atoms with Crippen molar-refractivity contribution in [2.24, 2.45) is 0 Å². The third kappa shape index (κ3) is 5.47. The smallest absolute Gasteiger partial charge is 0.255 e. The van der Waals surface area contributed by atoms with Gasteiger partial charge in [0.2, 0.25) is 11.8 Å². The number of benzene rings is 2. The summed E-state index contributed by atoms with van der Waals surface area (Å²) in [6.07, 6.45) is 3.17. The molecule has 3 amide bonds. The predicted octanol–water partition coefficient (Wildman–Crippen LogP) is 3.80. The summed E-state index contributed by atoms with van der Waals surface area (Å²) in [7, 11) is 0. The summed E-state index contributed by atoms with van der Waals surface area (Å²) in [5.41, 5.74) is 2.92. The number of aromatic nitrogens is 1. The van der Waals surface area contributed by atoms with Crippen LogP contribution in [0.25, 0.3) is 0 Å². The fourth-order valence-corrected chi connectivity index (χ4v) is 6.55. The van der Waals surface area contributed by atoms with Crippen LogP contribution in [0.3, 0.4) is 0 Å². The number of carbonyl (C=O) groups excluding carboxylic acids is 3. The first-order valence-corrected chi connectivity index (χ1v) is 14.2. The summed E-state index contributed by atoms with van der Waals surface area (Å²) in [6.45, 7) is 1.93. The molecule has 1 unspecified atom stereocenters. The molecule has 1 aromatic heterocycles. The Kier molecular flexibility index (Phi) is 7.32. The molecule has 3 aromatic rings. The molecular weight excluding hydrogens is 545 g/mol. The summed E-state index contributed by atoms with van der Waals surface area (Å²) in [5, 5.41) is 12.4. The second kappa shape index (κ2) is 11.2. The molecule has 6 rings (SSSR count). The van der Waals surface area contributed by atoms with Gasteiger partial charge in [-0.15, -0.1) is 11.8 Å². The van der Waals surface area contributed by atoms with Gasteiger partial charge in [-0.2, -0.15) is 5.26 Å². The molecule has 0 bridgehead atoms. The molecule has 41 heavy (non-hydrogen) atoms. The lowest BCUT2D eigenvalue weighted by atomic mass is 10.0. The number of anilines is 1. The van der Waals surface area contributed by atoms with Crippen LogP contribution in [0, 0.1) is 17.1 Å². The fourth-order valence-electron chi connectivity index (χ4n) is 5.47. The van der Waals surface area contributed by atoms with E-state index in [-0.39, 0.29) is 42.5 Å². The fraction of sp³-hybridized carbons (Fsp3) is 0.300. The molecule has 0 saturated carbocycles. The largest absolute Gasteiger partial charge is 0.488 e. The molecule has 0 spiro atoms. The molecule has 11 heteroatoms. The molecule has 2 atom stereocenters. The highest BCUT2D eigenvalue weighted by Crippen LogP contribution is 2.35. The van der Waals surface area contributed by atoms with Crippen LogP contribution in [0.5, 0.6) is 5.75 Å². The van der Waals surface area contributed by atoms with Crippen molar-refractivity contribution in [3.63, 3.8) is 0 Å². The molecule has 9 nitrogen and oxygen atoms in total. The Morgan fingerprint density at radius 3 is 2.78 bits per heavy atom. The van der Waals surface area contributed by atoms with Gasteiger partial charge in [-0.3, -0.25) is 19.7 Å². The number of nitrogens with zero attached hydrogens (tertiary/aromatic N) is 4. The molecule has 0 radical (unpaired) electrons. The van der Waals surface area contributed by atoms with Crippen LogP contribution >= 0.6 is 11.8 Å². The first-order valence-electron chi connectivity index (χ1n) is 13.3. The molecule has 1 N–H and O–H groups in total. The van der Waals surface area contributed by atoms with E-state index in [1.807, 2.05) is 23.1 Å². The quantitative estimate of drug-likeness (QED) is 0.426. The molecular formula is C30H26FN5O4S. The number of hydrogen-bond donors (Lipinski definition) is 1. The third-order valence-corrected chi connectivity index (χ3v) is 8.78. The summed E-state index contributed by atoms with van der Waals surface area (Å²) in [4.78, 5) is 45.0. The number of ether oxygens (including phenoxy) is 1. The van der Waals surface area contributed by atoms with E-state index in [0.717, 1.165) is 29.1 Å². The zero-order chi connectivity index (χ0) is 28.5. The number of imide groups is 1. The van der Waals surface area contributed by atoms with Crippen molar-refractivity contribution in [3.8, 4) is 11.8 Å². The summed E-state index contributed by atoms with van der Waals surface area (Å²) in [6, 6.07) is 15.0. The lowest BCUT2D eigenvalue weighted by Gasteiger charge is -2.29. The zero-order valence-corrected chi connectivity index (χ0v) is 22.8. The monoisotopic (exact) mass is 571 g/mol. The van der Waals surface area contributed by atoms with E-state index in [0.29, 0.717) is 35.5 Å². The SMILES string of the molecule is N#Cc1ccc(N2CCC(Sc3ccc(COc4cccc5c4CN([C@H]4CCC(=O)NC4=O)C5=O)cn3)C2)c(F)c1. The van der Waals surface area contributed by atoms with Gasteiger partial charge in [0.1, 0.15) is 24.2 Å². The van der Waals surface area contributed by atoms with Crippen LogP contribution in [0.15, 0.2) is 59.8 Å². The van der Waals surface area contributed by atoms with Gasteiger partial charge in [-0.25, -0.2) is 9.37 Å². The van der Waals surface area contributed by atoms with Crippen molar-refractivity contribution < 1.29 is 23.5 Å². The van der Waals surface area contributed by atoms with Crippen LogP contribution in [0.1, 0.15) is 46.3 Å². The van der Waals surface area contributed by atoms with Gasteiger partial charge in [-0.05, 0) is 49.2 Å². The summed E-state index contributed by atoms with van der Waals surface area (Å²) >= 11 is 1.65. The Morgan fingerprint density at radius 1 is 1.15 bits per heavy atom. The second-order valence-electron chi connectivity index (χ2n) is 10.2. The van der Waals surface area contributed by atoms with Crippen LogP contribution in [-0.4, -0.2) is 52.0 Å². The minimum absolute atomic E-state index is 0.204. The number of nitrogens with one attached hydrogen (secondary N) is 1. The van der Waals surface area contributed by atoms with E-state index in [1.54, 1.807) is 48.3 Å². The lowest BCUT2D eigenvalue weighted by molar-refractivity contribution is -0.136. The minimum Gasteiger partial charge on any atom is -0.488 e. The lowest BCUT2D eigenvalue weighted by Crippen LogP contribution is -2.52. The van der Waals surface area contributed by atoms with Gasteiger partial charge >= 0.3 is 0 Å². The van der Waals surface area contributed by atoms with Crippen LogP contribution in [0.2, 0.25) is 0 Å². The van der Waals surface area contributed by atoms with E-state index in [2.05, 4.69) is 10.3 Å². The molecule has 0 aliphatic carbocycles. The maximum absolute atomic E-state index is 14.4. The maximum atomic E-state index is 14.4. The summed E-state index contributed by atoms with van der Waals surface area (Å²) < 4.78 is 20.5. The van der Waals surface area contributed by atoms with E-state index in [1.165, 1.54) is 11.0 Å². The normalized spacial score (nSPS) is 20.1. The van der Waals surface area contributed by atoms with Gasteiger partial charge in [0.15, 0.2) is 0 Å². The van der Waals surface area contributed by atoms with Crippen LogP contribution in [0.4, 0.5) is 10.1 Å². The zero-order valence-electron chi connectivity index (χ0n) is 22.0. The van der Waals surface area contributed by atoms with Gasteiger partial charge in [0.25, 0.3) is 5.91 Å². The summed E-state index contributed by atoms with van der Waals surface area (Å²) in [5.74, 6) is -0.809. The van der Waals surface area contributed by atoms with Crippen molar-refractivity contribution in [3.05, 3.63) is 82.8 Å². The Balaban J connectivity index is 1.05. The Labute approximate surface area is 240 Å². The number of amides is 3. The van der Waals surface area contributed by atoms with Gasteiger partial charge in [-0.1, -0.05) is 12.1 Å². The van der Waals surface area contributed by atoms with E-state index >= 15 is 0 Å². The third-order valence-electron chi connectivity index (χ3n) is 7.58. The molecule has 2 saturated heterocycles. The van der Waals surface area contributed by atoms with Crippen molar-refractivity contribution in [2.45, 2.75) is 48.7 Å². The average Bonchev–Trinajstić information content (AvgIpc) is 3.57. The Morgan fingerprint density at radius 2 is 2.02 bits per heavy atom. The second-order valence-corrected chi connectivity index (χ2v) is 11.5. The van der Waals surface area contributed by atoms with Crippen LogP contribution < -0.4 is 15.0 Å².